The molecule has 4 rings (SSSR count). The SMILES string of the molecule is O=C(O)C[C@H](NC(=O)Nc1cccn(CC2=CC=CCC2=S)c1=O)c1ccc2c(c1)CCO2. The minimum atomic E-state index is -1.05. The zero-order valence-corrected chi connectivity index (χ0v) is 18.6. The summed E-state index contributed by atoms with van der Waals surface area (Å²) in [4.78, 5) is 37.7. The summed E-state index contributed by atoms with van der Waals surface area (Å²) in [6, 6.07) is 7.10. The van der Waals surface area contributed by atoms with Crippen molar-refractivity contribution in [3.63, 3.8) is 0 Å². The Bertz CT molecular complexity index is 1230. The van der Waals surface area contributed by atoms with Crippen LogP contribution < -0.4 is 20.9 Å². The zero-order valence-electron chi connectivity index (χ0n) is 17.7. The number of rotatable bonds is 7. The second-order valence-electron chi connectivity index (χ2n) is 7.82. The summed E-state index contributed by atoms with van der Waals surface area (Å²) < 4.78 is 6.97. The number of nitrogens with zero attached hydrogens (tertiary/aromatic N) is 1. The van der Waals surface area contributed by atoms with Gasteiger partial charge in [0.1, 0.15) is 11.4 Å². The highest BCUT2D eigenvalue weighted by Crippen LogP contribution is 2.29. The van der Waals surface area contributed by atoms with E-state index in [1.54, 1.807) is 24.4 Å². The van der Waals surface area contributed by atoms with Crippen LogP contribution in [0.1, 0.15) is 30.0 Å². The Morgan fingerprint density at radius 3 is 2.91 bits per heavy atom. The molecule has 0 saturated heterocycles. The number of benzene rings is 1. The van der Waals surface area contributed by atoms with Crippen LogP contribution in [-0.4, -0.2) is 33.1 Å². The number of urea groups is 1. The van der Waals surface area contributed by atoms with Gasteiger partial charge in [-0.15, -0.1) is 0 Å². The molecular formula is C24H23N3O5S. The van der Waals surface area contributed by atoms with Crippen molar-refractivity contribution < 1.29 is 19.4 Å². The van der Waals surface area contributed by atoms with Crippen LogP contribution in [0.5, 0.6) is 5.75 Å². The maximum atomic E-state index is 12.9. The standard InChI is InChI=1S/C24H23N3O5S/c28-22(29)13-19(15-7-8-20-16(12-15)9-11-32-20)26-24(31)25-18-5-3-10-27(23(18)30)14-17-4-1-2-6-21(17)33/h1-5,7-8,10,12,19H,6,9,11,13-14H2,(H,28,29)(H2,25,26,31)/t19-/m0/s1. The number of pyridine rings is 1. The van der Waals surface area contributed by atoms with Crippen molar-refractivity contribution >= 4 is 34.8 Å². The molecule has 170 valence electrons. The number of carboxylic acid groups (broad SMARTS) is 1. The number of allylic oxidation sites excluding steroid dienone is 4. The highest BCUT2D eigenvalue weighted by molar-refractivity contribution is 7.80. The molecule has 9 heteroatoms. The molecule has 1 aromatic heterocycles. The van der Waals surface area contributed by atoms with Crippen molar-refractivity contribution in [1.82, 2.24) is 9.88 Å². The third kappa shape index (κ3) is 5.38. The Hall–Kier alpha value is -3.72. The largest absolute Gasteiger partial charge is 0.493 e. The summed E-state index contributed by atoms with van der Waals surface area (Å²) in [5.74, 6) is -0.282. The molecule has 0 radical (unpaired) electrons. The number of ether oxygens (including phenoxy) is 1. The van der Waals surface area contributed by atoms with E-state index < -0.39 is 18.0 Å². The van der Waals surface area contributed by atoms with Gasteiger partial charge in [0.15, 0.2) is 0 Å². The number of carbonyl (C=O) groups excluding carboxylic acids is 1. The number of amides is 2. The first kappa shape index (κ1) is 22.5. The van der Waals surface area contributed by atoms with E-state index in [9.17, 15) is 19.5 Å². The average Bonchev–Trinajstić information content (AvgIpc) is 3.25. The molecule has 0 bridgehead atoms. The second-order valence-corrected chi connectivity index (χ2v) is 8.31. The predicted molar refractivity (Wildman–Crippen MR) is 128 cm³/mol. The lowest BCUT2D eigenvalue weighted by Crippen LogP contribution is -2.36. The number of carboxylic acids is 1. The van der Waals surface area contributed by atoms with Gasteiger partial charge in [0.2, 0.25) is 0 Å². The molecule has 2 aliphatic rings. The first-order valence-electron chi connectivity index (χ1n) is 10.5. The number of aliphatic carboxylic acids is 1. The topological polar surface area (TPSA) is 110 Å². The van der Waals surface area contributed by atoms with E-state index in [0.29, 0.717) is 25.1 Å². The quantitative estimate of drug-likeness (QED) is 0.541. The van der Waals surface area contributed by atoms with Gasteiger partial charge in [0.25, 0.3) is 5.56 Å². The molecule has 2 amide bonds. The van der Waals surface area contributed by atoms with Crippen LogP contribution in [0.4, 0.5) is 10.5 Å². The lowest BCUT2D eigenvalue weighted by atomic mass is 10.0. The van der Waals surface area contributed by atoms with Crippen molar-refractivity contribution in [2.75, 3.05) is 11.9 Å². The summed E-state index contributed by atoms with van der Waals surface area (Å²) in [6.07, 6.45) is 8.46. The van der Waals surface area contributed by atoms with Gasteiger partial charge in [-0.05, 0) is 41.0 Å². The number of aromatic nitrogens is 1. The number of hydrogen-bond donors (Lipinski definition) is 3. The van der Waals surface area contributed by atoms with Crippen LogP contribution in [0.15, 0.2) is 65.1 Å². The molecular weight excluding hydrogens is 442 g/mol. The molecule has 2 aromatic rings. The lowest BCUT2D eigenvalue weighted by molar-refractivity contribution is -0.137. The molecule has 8 nitrogen and oxygen atoms in total. The molecule has 0 unspecified atom stereocenters. The summed E-state index contributed by atoms with van der Waals surface area (Å²) in [6.45, 7) is 0.881. The Kier molecular flexibility index (Phi) is 6.69. The Morgan fingerprint density at radius 1 is 1.27 bits per heavy atom. The number of nitrogens with one attached hydrogen (secondary N) is 2. The van der Waals surface area contributed by atoms with E-state index >= 15 is 0 Å². The Balaban J connectivity index is 1.49. The van der Waals surface area contributed by atoms with Gasteiger partial charge in [-0.1, -0.05) is 36.5 Å². The number of hydrogen-bond acceptors (Lipinski definition) is 5. The van der Waals surface area contributed by atoms with Gasteiger partial charge in [-0.3, -0.25) is 9.59 Å². The predicted octanol–water partition coefficient (Wildman–Crippen LogP) is 3.38. The number of thiocarbonyl (C=S) groups is 1. The monoisotopic (exact) mass is 465 g/mol. The van der Waals surface area contributed by atoms with E-state index in [1.807, 2.05) is 24.3 Å². The number of carbonyl (C=O) groups is 2. The van der Waals surface area contributed by atoms with Gasteiger partial charge in [0.05, 0.1) is 25.6 Å². The van der Waals surface area contributed by atoms with Crippen LogP contribution in [0, 0.1) is 0 Å². The van der Waals surface area contributed by atoms with E-state index in [0.717, 1.165) is 28.2 Å². The van der Waals surface area contributed by atoms with E-state index in [2.05, 4.69) is 10.6 Å². The zero-order chi connectivity index (χ0) is 23.4. The highest BCUT2D eigenvalue weighted by Gasteiger charge is 2.22. The molecule has 0 fully saturated rings. The van der Waals surface area contributed by atoms with Crippen molar-refractivity contribution in [2.45, 2.75) is 31.8 Å². The molecule has 1 aliphatic carbocycles. The summed E-state index contributed by atoms with van der Waals surface area (Å²) >= 11 is 5.36. The normalized spacial score (nSPS) is 15.3. The minimum Gasteiger partial charge on any atom is -0.493 e. The van der Waals surface area contributed by atoms with Gasteiger partial charge < -0.3 is 25.0 Å². The summed E-state index contributed by atoms with van der Waals surface area (Å²) in [5, 5.41) is 14.6. The molecule has 1 aromatic carbocycles. The Labute approximate surface area is 195 Å². The highest BCUT2D eigenvalue weighted by atomic mass is 32.1. The van der Waals surface area contributed by atoms with Gasteiger partial charge in [0, 0.05) is 23.9 Å². The van der Waals surface area contributed by atoms with Crippen LogP contribution in [0.3, 0.4) is 0 Å². The molecule has 3 N–H and O–H groups in total. The maximum absolute atomic E-state index is 12.9. The summed E-state index contributed by atoms with van der Waals surface area (Å²) in [5.41, 5.74) is 2.21. The van der Waals surface area contributed by atoms with Crippen LogP contribution >= 0.6 is 12.2 Å². The molecule has 33 heavy (non-hydrogen) atoms. The molecule has 0 spiro atoms. The molecule has 1 aliphatic heterocycles. The van der Waals surface area contributed by atoms with Gasteiger partial charge in [-0.2, -0.15) is 0 Å². The Morgan fingerprint density at radius 2 is 2.12 bits per heavy atom. The van der Waals surface area contributed by atoms with Crippen molar-refractivity contribution in [3.8, 4) is 5.75 Å². The van der Waals surface area contributed by atoms with Crippen LogP contribution in [0.2, 0.25) is 0 Å². The summed E-state index contributed by atoms with van der Waals surface area (Å²) in [7, 11) is 0. The van der Waals surface area contributed by atoms with E-state index in [4.69, 9.17) is 17.0 Å². The van der Waals surface area contributed by atoms with E-state index in [-0.39, 0.29) is 17.7 Å². The average molecular weight is 466 g/mol. The number of fused-ring (bicyclic) bond motifs is 1. The van der Waals surface area contributed by atoms with Crippen LogP contribution in [0.25, 0.3) is 0 Å². The fraction of sp³-hybridized carbons (Fsp3) is 0.250. The first-order valence-corrected chi connectivity index (χ1v) is 10.9. The van der Waals surface area contributed by atoms with Gasteiger partial charge in [-0.25, -0.2) is 4.79 Å². The van der Waals surface area contributed by atoms with Crippen molar-refractivity contribution in [2.24, 2.45) is 0 Å². The fourth-order valence-corrected chi connectivity index (χ4v) is 4.06. The lowest BCUT2D eigenvalue weighted by Gasteiger charge is -2.19. The van der Waals surface area contributed by atoms with Crippen molar-refractivity contribution in [3.05, 3.63) is 81.8 Å². The van der Waals surface area contributed by atoms with Crippen molar-refractivity contribution in [1.29, 1.82) is 0 Å². The fourth-order valence-electron chi connectivity index (χ4n) is 3.83. The molecule has 0 saturated carbocycles. The second kappa shape index (κ2) is 9.83. The third-order valence-electron chi connectivity index (χ3n) is 5.50. The van der Waals surface area contributed by atoms with Gasteiger partial charge >= 0.3 is 12.0 Å². The molecule has 1 atom stereocenters. The number of anilines is 1. The molecule has 2 heterocycles. The van der Waals surface area contributed by atoms with E-state index in [1.165, 1.54) is 10.6 Å². The minimum absolute atomic E-state index is 0.0873. The van der Waals surface area contributed by atoms with Crippen LogP contribution in [-0.2, 0) is 17.8 Å². The first-order chi connectivity index (χ1) is 15.9. The third-order valence-corrected chi connectivity index (χ3v) is 5.93. The smallest absolute Gasteiger partial charge is 0.319 e. The maximum Gasteiger partial charge on any atom is 0.319 e.